The van der Waals surface area contributed by atoms with Gasteiger partial charge in [-0.1, -0.05) is 0 Å². The van der Waals surface area contributed by atoms with Gasteiger partial charge in [0.25, 0.3) is 5.91 Å². The first-order valence-corrected chi connectivity index (χ1v) is 5.62. The van der Waals surface area contributed by atoms with Crippen LogP contribution in [0.3, 0.4) is 0 Å². The Kier molecular flexibility index (Phi) is 2.95. The third kappa shape index (κ3) is 2.25. The van der Waals surface area contributed by atoms with Gasteiger partial charge < -0.3 is 4.90 Å². The maximum Gasteiger partial charge on any atom is 0.293 e. The average Bonchev–Trinajstić information content (AvgIpc) is 2.88. The number of hydrogen-bond donors (Lipinski definition) is 1. The first-order valence-electron chi connectivity index (χ1n) is 4.68. The summed E-state index contributed by atoms with van der Waals surface area (Å²) in [4.78, 5) is 21.5. The summed E-state index contributed by atoms with van der Waals surface area (Å²) >= 11 is 1.51. The molecular weight excluding hydrogens is 226 g/mol. The van der Waals surface area contributed by atoms with Gasteiger partial charge in [0.15, 0.2) is 0 Å². The van der Waals surface area contributed by atoms with Gasteiger partial charge >= 0.3 is 0 Å². The van der Waals surface area contributed by atoms with Gasteiger partial charge in [-0.3, -0.25) is 9.89 Å². The molecule has 7 heteroatoms. The molecule has 0 saturated heterocycles. The van der Waals surface area contributed by atoms with Crippen LogP contribution in [0.15, 0.2) is 10.9 Å². The molecule has 84 valence electrons. The van der Waals surface area contributed by atoms with Gasteiger partial charge in [-0.05, 0) is 6.92 Å². The van der Waals surface area contributed by atoms with Crippen LogP contribution in [0.25, 0.3) is 0 Å². The number of aromatic nitrogens is 4. The lowest BCUT2D eigenvalue weighted by Gasteiger charge is -2.13. The van der Waals surface area contributed by atoms with Crippen molar-refractivity contribution in [3.63, 3.8) is 0 Å². The van der Waals surface area contributed by atoms with Crippen molar-refractivity contribution < 1.29 is 4.79 Å². The van der Waals surface area contributed by atoms with Crippen LogP contribution < -0.4 is 0 Å². The molecule has 2 rings (SSSR count). The van der Waals surface area contributed by atoms with E-state index in [0.29, 0.717) is 12.4 Å². The SMILES string of the molecule is Cc1nc(C(=O)N(C)Cc2cscn2)n[nH]1. The van der Waals surface area contributed by atoms with Crippen molar-refractivity contribution in [3.8, 4) is 0 Å². The Hall–Kier alpha value is -1.76. The molecule has 16 heavy (non-hydrogen) atoms. The van der Waals surface area contributed by atoms with Crippen molar-refractivity contribution in [2.24, 2.45) is 0 Å². The maximum absolute atomic E-state index is 11.8. The third-order valence-corrected chi connectivity index (χ3v) is 2.65. The van der Waals surface area contributed by atoms with Crippen molar-refractivity contribution in [2.45, 2.75) is 13.5 Å². The summed E-state index contributed by atoms with van der Waals surface area (Å²) in [6, 6.07) is 0. The zero-order valence-electron chi connectivity index (χ0n) is 8.97. The van der Waals surface area contributed by atoms with Crippen molar-refractivity contribution in [1.29, 1.82) is 0 Å². The lowest BCUT2D eigenvalue weighted by molar-refractivity contribution is 0.0772. The molecule has 0 saturated carbocycles. The summed E-state index contributed by atoms with van der Waals surface area (Å²) < 4.78 is 0. The number of carbonyl (C=O) groups is 1. The molecule has 0 atom stereocenters. The number of H-pyrrole nitrogens is 1. The molecule has 0 unspecified atom stereocenters. The van der Waals surface area contributed by atoms with Crippen molar-refractivity contribution in [2.75, 3.05) is 7.05 Å². The summed E-state index contributed by atoms with van der Waals surface area (Å²) in [5, 5.41) is 8.37. The van der Waals surface area contributed by atoms with Crippen LogP contribution in [0.1, 0.15) is 22.1 Å². The van der Waals surface area contributed by atoms with Crippen LogP contribution in [-0.4, -0.2) is 38.0 Å². The van der Waals surface area contributed by atoms with E-state index in [0.717, 1.165) is 5.69 Å². The standard InChI is InChI=1S/C9H11N5OS/c1-6-11-8(13-12-6)9(15)14(2)3-7-4-16-5-10-7/h4-5H,3H2,1-2H3,(H,11,12,13). The topological polar surface area (TPSA) is 74.8 Å². The lowest BCUT2D eigenvalue weighted by Crippen LogP contribution is -2.27. The Morgan fingerprint density at radius 3 is 3.00 bits per heavy atom. The number of amides is 1. The van der Waals surface area contributed by atoms with Crippen LogP contribution >= 0.6 is 11.3 Å². The van der Waals surface area contributed by atoms with E-state index in [1.54, 1.807) is 19.5 Å². The first kappa shape index (κ1) is 10.7. The van der Waals surface area contributed by atoms with Gasteiger partial charge in [0.2, 0.25) is 5.82 Å². The van der Waals surface area contributed by atoms with E-state index in [4.69, 9.17) is 0 Å². The van der Waals surface area contributed by atoms with Gasteiger partial charge in [0.1, 0.15) is 5.82 Å². The third-order valence-electron chi connectivity index (χ3n) is 2.02. The summed E-state index contributed by atoms with van der Waals surface area (Å²) in [7, 11) is 1.70. The summed E-state index contributed by atoms with van der Waals surface area (Å²) in [5.41, 5.74) is 2.61. The van der Waals surface area contributed by atoms with E-state index in [1.807, 2.05) is 5.38 Å². The van der Waals surface area contributed by atoms with Gasteiger partial charge in [-0.15, -0.1) is 16.4 Å². The van der Waals surface area contributed by atoms with Crippen molar-refractivity contribution in [1.82, 2.24) is 25.1 Å². The summed E-state index contributed by atoms with van der Waals surface area (Å²) in [6.45, 7) is 2.22. The summed E-state index contributed by atoms with van der Waals surface area (Å²) in [5.74, 6) is 0.609. The minimum absolute atomic E-state index is 0.190. The van der Waals surface area contributed by atoms with Crippen molar-refractivity contribution >= 4 is 17.2 Å². The van der Waals surface area contributed by atoms with Gasteiger partial charge in [0.05, 0.1) is 17.7 Å². The molecule has 2 heterocycles. The lowest BCUT2D eigenvalue weighted by atomic mass is 10.4. The minimum Gasteiger partial charge on any atom is -0.333 e. The molecule has 0 aliphatic rings. The Morgan fingerprint density at radius 2 is 2.44 bits per heavy atom. The van der Waals surface area contributed by atoms with Crippen LogP contribution in [0.2, 0.25) is 0 Å². The monoisotopic (exact) mass is 237 g/mol. The fourth-order valence-electron chi connectivity index (χ4n) is 1.24. The molecule has 0 aromatic carbocycles. The molecule has 0 bridgehead atoms. The first-order chi connectivity index (χ1) is 7.66. The molecule has 2 aromatic heterocycles. The van der Waals surface area contributed by atoms with E-state index < -0.39 is 0 Å². The molecule has 0 fully saturated rings. The number of hydrogen-bond acceptors (Lipinski definition) is 5. The van der Waals surface area contributed by atoms with E-state index >= 15 is 0 Å². The Morgan fingerprint density at radius 1 is 1.62 bits per heavy atom. The second-order valence-electron chi connectivity index (χ2n) is 3.39. The predicted molar refractivity (Wildman–Crippen MR) is 59.0 cm³/mol. The quantitative estimate of drug-likeness (QED) is 0.858. The molecule has 2 aromatic rings. The number of thiazole rings is 1. The fourth-order valence-corrected chi connectivity index (χ4v) is 1.79. The van der Waals surface area contributed by atoms with Crippen LogP contribution in [0, 0.1) is 6.92 Å². The normalized spacial score (nSPS) is 10.4. The zero-order chi connectivity index (χ0) is 11.5. The average molecular weight is 237 g/mol. The highest BCUT2D eigenvalue weighted by atomic mass is 32.1. The Labute approximate surface area is 96.3 Å². The van der Waals surface area contributed by atoms with Gasteiger partial charge in [-0.25, -0.2) is 9.97 Å². The van der Waals surface area contributed by atoms with E-state index in [9.17, 15) is 4.79 Å². The summed E-state index contributed by atoms with van der Waals surface area (Å²) in [6.07, 6.45) is 0. The maximum atomic E-state index is 11.8. The van der Waals surface area contributed by atoms with Crippen LogP contribution in [0.4, 0.5) is 0 Å². The van der Waals surface area contributed by atoms with E-state index in [2.05, 4.69) is 20.2 Å². The van der Waals surface area contributed by atoms with Gasteiger partial charge in [-0.2, -0.15) is 0 Å². The number of carbonyl (C=O) groups excluding carboxylic acids is 1. The van der Waals surface area contributed by atoms with E-state index in [1.165, 1.54) is 16.2 Å². The highest BCUT2D eigenvalue weighted by molar-refractivity contribution is 7.07. The fraction of sp³-hybridized carbons (Fsp3) is 0.333. The molecule has 0 radical (unpaired) electrons. The molecule has 1 amide bonds. The number of rotatable bonds is 3. The van der Waals surface area contributed by atoms with Gasteiger partial charge in [0, 0.05) is 12.4 Å². The van der Waals surface area contributed by atoms with Crippen LogP contribution in [0.5, 0.6) is 0 Å². The molecular formula is C9H11N5OS. The molecule has 6 nitrogen and oxygen atoms in total. The molecule has 0 spiro atoms. The minimum atomic E-state index is -0.211. The molecule has 0 aliphatic carbocycles. The van der Waals surface area contributed by atoms with Crippen molar-refractivity contribution in [3.05, 3.63) is 28.2 Å². The number of nitrogens with one attached hydrogen (secondary N) is 1. The highest BCUT2D eigenvalue weighted by Crippen LogP contribution is 2.06. The molecule has 0 aliphatic heterocycles. The number of aryl methyl sites for hydroxylation is 1. The Balaban J connectivity index is 2.05. The van der Waals surface area contributed by atoms with E-state index in [-0.39, 0.29) is 11.7 Å². The number of aromatic amines is 1. The molecule has 1 N–H and O–H groups in total. The largest absolute Gasteiger partial charge is 0.333 e. The smallest absolute Gasteiger partial charge is 0.293 e. The van der Waals surface area contributed by atoms with Crippen LogP contribution in [-0.2, 0) is 6.54 Å². The second kappa shape index (κ2) is 4.40. The highest BCUT2D eigenvalue weighted by Gasteiger charge is 2.16. The second-order valence-corrected chi connectivity index (χ2v) is 4.10. The predicted octanol–water partition coefficient (Wildman–Crippen LogP) is 0.842. The Bertz CT molecular complexity index is 478. The zero-order valence-corrected chi connectivity index (χ0v) is 9.78. The number of nitrogens with zero attached hydrogens (tertiary/aromatic N) is 4.